The third-order valence-corrected chi connectivity index (χ3v) is 3.81. The standard InChI is InChI=1S/C14H19N5OS/c1-7(2)10-5-11(19-14(15)18-10)13(20)16-8(3)12-6-21-9(4)17-12/h5-8H,1-4H3,(H,16,20)(H2,15,18,19)/t8-/m0/s1. The molecule has 0 aromatic carbocycles. The molecule has 0 spiro atoms. The molecule has 0 unspecified atom stereocenters. The monoisotopic (exact) mass is 305 g/mol. The number of hydrogen-bond donors (Lipinski definition) is 2. The van der Waals surface area contributed by atoms with E-state index in [0.717, 1.165) is 16.4 Å². The van der Waals surface area contributed by atoms with Gasteiger partial charge in [0.05, 0.1) is 16.7 Å². The largest absolute Gasteiger partial charge is 0.368 e. The minimum Gasteiger partial charge on any atom is -0.368 e. The van der Waals surface area contributed by atoms with E-state index in [4.69, 9.17) is 5.73 Å². The number of anilines is 1. The summed E-state index contributed by atoms with van der Waals surface area (Å²) in [4.78, 5) is 24.8. The number of rotatable bonds is 4. The van der Waals surface area contributed by atoms with Crippen molar-refractivity contribution in [3.05, 3.63) is 33.5 Å². The first-order valence-electron chi connectivity index (χ1n) is 6.74. The van der Waals surface area contributed by atoms with Gasteiger partial charge in [-0.1, -0.05) is 13.8 Å². The molecule has 112 valence electrons. The third-order valence-electron chi connectivity index (χ3n) is 3.02. The molecule has 2 aromatic heterocycles. The summed E-state index contributed by atoms with van der Waals surface area (Å²) < 4.78 is 0. The van der Waals surface area contributed by atoms with Gasteiger partial charge in [0.1, 0.15) is 5.69 Å². The van der Waals surface area contributed by atoms with Gasteiger partial charge >= 0.3 is 0 Å². The summed E-state index contributed by atoms with van der Waals surface area (Å²) in [6, 6.07) is 1.50. The molecule has 2 rings (SSSR count). The average molecular weight is 305 g/mol. The number of aromatic nitrogens is 3. The van der Waals surface area contributed by atoms with Gasteiger partial charge in [-0.25, -0.2) is 15.0 Å². The van der Waals surface area contributed by atoms with E-state index in [9.17, 15) is 4.79 Å². The van der Waals surface area contributed by atoms with Gasteiger partial charge in [-0.2, -0.15) is 0 Å². The topological polar surface area (TPSA) is 93.8 Å². The molecule has 1 atom stereocenters. The molecule has 0 aliphatic rings. The number of hydrogen-bond acceptors (Lipinski definition) is 6. The Labute approximate surface area is 127 Å². The van der Waals surface area contributed by atoms with Gasteiger partial charge in [0, 0.05) is 11.1 Å². The summed E-state index contributed by atoms with van der Waals surface area (Å²) in [5.41, 5.74) is 7.55. The van der Waals surface area contributed by atoms with Gasteiger partial charge in [0.25, 0.3) is 5.91 Å². The van der Waals surface area contributed by atoms with Crippen LogP contribution >= 0.6 is 11.3 Å². The predicted molar refractivity (Wildman–Crippen MR) is 83.3 cm³/mol. The molecule has 0 aliphatic heterocycles. The van der Waals surface area contributed by atoms with Crippen molar-refractivity contribution in [3.63, 3.8) is 0 Å². The summed E-state index contributed by atoms with van der Waals surface area (Å²) >= 11 is 1.56. The zero-order chi connectivity index (χ0) is 15.6. The van der Waals surface area contributed by atoms with Gasteiger partial charge in [-0.15, -0.1) is 11.3 Å². The molecule has 7 heteroatoms. The Kier molecular flexibility index (Phi) is 4.52. The molecular weight excluding hydrogens is 286 g/mol. The number of nitrogens with zero attached hydrogens (tertiary/aromatic N) is 3. The van der Waals surface area contributed by atoms with E-state index < -0.39 is 0 Å². The number of nitrogen functional groups attached to an aromatic ring is 1. The minimum atomic E-state index is -0.274. The van der Waals surface area contributed by atoms with E-state index in [1.165, 1.54) is 0 Å². The van der Waals surface area contributed by atoms with Crippen LogP contribution in [0.5, 0.6) is 0 Å². The molecule has 0 fully saturated rings. The molecule has 2 aromatic rings. The molecule has 1 amide bonds. The van der Waals surface area contributed by atoms with Crippen LogP contribution in [0.2, 0.25) is 0 Å². The van der Waals surface area contributed by atoms with Crippen LogP contribution < -0.4 is 11.1 Å². The lowest BCUT2D eigenvalue weighted by Crippen LogP contribution is -2.28. The number of carbonyl (C=O) groups excluding carboxylic acids is 1. The second kappa shape index (κ2) is 6.17. The molecule has 21 heavy (non-hydrogen) atoms. The van der Waals surface area contributed by atoms with Crippen LogP contribution in [0.15, 0.2) is 11.4 Å². The first-order chi connectivity index (χ1) is 9.86. The number of nitrogens with two attached hydrogens (primary N) is 1. The molecule has 2 heterocycles. The third kappa shape index (κ3) is 3.75. The van der Waals surface area contributed by atoms with Gasteiger partial charge in [0.15, 0.2) is 0 Å². The molecule has 0 aliphatic carbocycles. The normalized spacial score (nSPS) is 12.4. The van der Waals surface area contributed by atoms with Crippen molar-refractivity contribution < 1.29 is 4.79 Å². The van der Waals surface area contributed by atoms with E-state index in [1.54, 1.807) is 17.4 Å². The van der Waals surface area contributed by atoms with E-state index in [0.29, 0.717) is 0 Å². The lowest BCUT2D eigenvalue weighted by atomic mass is 10.1. The van der Waals surface area contributed by atoms with E-state index in [-0.39, 0.29) is 29.5 Å². The summed E-state index contributed by atoms with van der Waals surface area (Å²) in [6.07, 6.45) is 0. The van der Waals surface area contributed by atoms with Crippen molar-refractivity contribution in [1.29, 1.82) is 0 Å². The summed E-state index contributed by atoms with van der Waals surface area (Å²) in [5.74, 6) is 0.0214. The van der Waals surface area contributed by atoms with Crippen LogP contribution in [0.1, 0.15) is 59.6 Å². The lowest BCUT2D eigenvalue weighted by Gasteiger charge is -2.12. The van der Waals surface area contributed by atoms with Crippen molar-refractivity contribution in [1.82, 2.24) is 20.3 Å². The van der Waals surface area contributed by atoms with Gasteiger partial charge in [-0.3, -0.25) is 4.79 Å². The molecule has 0 bridgehead atoms. The van der Waals surface area contributed by atoms with Crippen molar-refractivity contribution >= 4 is 23.2 Å². The van der Waals surface area contributed by atoms with Crippen LogP contribution in [-0.2, 0) is 0 Å². The fraction of sp³-hybridized carbons (Fsp3) is 0.429. The first-order valence-corrected chi connectivity index (χ1v) is 7.62. The Morgan fingerprint density at radius 1 is 1.24 bits per heavy atom. The Balaban J connectivity index is 2.16. The molecule has 3 N–H and O–H groups in total. The highest BCUT2D eigenvalue weighted by atomic mass is 32.1. The maximum Gasteiger partial charge on any atom is 0.270 e. The first kappa shape index (κ1) is 15.4. The predicted octanol–water partition coefficient (Wildman–Crippen LogP) is 2.44. The zero-order valence-electron chi connectivity index (χ0n) is 12.5. The van der Waals surface area contributed by atoms with Crippen LogP contribution in [-0.4, -0.2) is 20.9 Å². The van der Waals surface area contributed by atoms with Crippen molar-refractivity contribution in [2.24, 2.45) is 0 Å². The maximum atomic E-state index is 12.3. The average Bonchev–Trinajstić information content (AvgIpc) is 2.84. The summed E-state index contributed by atoms with van der Waals surface area (Å²) in [5, 5.41) is 5.79. The van der Waals surface area contributed by atoms with Gasteiger partial charge in [0.2, 0.25) is 5.95 Å². The SMILES string of the molecule is Cc1nc([C@H](C)NC(=O)c2cc(C(C)C)nc(N)n2)cs1. The van der Waals surface area contributed by atoms with Crippen LogP contribution in [0, 0.1) is 6.92 Å². The minimum absolute atomic E-state index is 0.114. The molecule has 6 nitrogen and oxygen atoms in total. The molecule has 0 saturated heterocycles. The number of aryl methyl sites for hydroxylation is 1. The fourth-order valence-corrected chi connectivity index (χ4v) is 2.53. The van der Waals surface area contributed by atoms with Gasteiger partial charge in [-0.05, 0) is 25.8 Å². The molecule has 0 radical (unpaired) electrons. The summed E-state index contributed by atoms with van der Waals surface area (Å²) in [7, 11) is 0. The summed E-state index contributed by atoms with van der Waals surface area (Å²) in [6.45, 7) is 7.80. The van der Waals surface area contributed by atoms with Crippen molar-refractivity contribution in [2.75, 3.05) is 5.73 Å². The quantitative estimate of drug-likeness (QED) is 0.904. The highest BCUT2D eigenvalue weighted by Gasteiger charge is 2.16. The number of thiazole rings is 1. The highest BCUT2D eigenvalue weighted by Crippen LogP contribution is 2.17. The van der Waals surface area contributed by atoms with E-state index in [2.05, 4.69) is 20.3 Å². The second-order valence-electron chi connectivity index (χ2n) is 5.18. The Hall–Kier alpha value is -2.02. The number of carbonyl (C=O) groups is 1. The van der Waals surface area contributed by atoms with Crippen LogP contribution in [0.25, 0.3) is 0 Å². The smallest absolute Gasteiger partial charge is 0.270 e. The number of nitrogens with one attached hydrogen (secondary N) is 1. The second-order valence-corrected chi connectivity index (χ2v) is 6.24. The van der Waals surface area contributed by atoms with Crippen molar-refractivity contribution in [2.45, 2.75) is 39.7 Å². The Morgan fingerprint density at radius 2 is 1.95 bits per heavy atom. The zero-order valence-corrected chi connectivity index (χ0v) is 13.4. The maximum absolute atomic E-state index is 12.3. The lowest BCUT2D eigenvalue weighted by molar-refractivity contribution is 0.0934. The van der Waals surface area contributed by atoms with E-state index in [1.807, 2.05) is 33.1 Å². The van der Waals surface area contributed by atoms with E-state index >= 15 is 0 Å². The van der Waals surface area contributed by atoms with Crippen LogP contribution in [0.3, 0.4) is 0 Å². The molecule has 0 saturated carbocycles. The van der Waals surface area contributed by atoms with Crippen molar-refractivity contribution in [3.8, 4) is 0 Å². The van der Waals surface area contributed by atoms with Gasteiger partial charge < -0.3 is 11.1 Å². The van der Waals surface area contributed by atoms with Crippen LogP contribution in [0.4, 0.5) is 5.95 Å². The Bertz CT molecular complexity index is 653. The molecular formula is C14H19N5OS. The number of amides is 1. The fourth-order valence-electron chi connectivity index (χ4n) is 1.82. The Morgan fingerprint density at radius 3 is 2.52 bits per heavy atom. The highest BCUT2D eigenvalue weighted by molar-refractivity contribution is 7.09.